The lowest BCUT2D eigenvalue weighted by molar-refractivity contribution is -0.119. The molecule has 2 amide bonds. The van der Waals surface area contributed by atoms with Crippen LogP contribution >= 0.6 is 0 Å². The lowest BCUT2D eigenvalue weighted by Gasteiger charge is -2.19. The van der Waals surface area contributed by atoms with Gasteiger partial charge in [-0.2, -0.15) is 0 Å². The molecule has 1 aliphatic rings. The Morgan fingerprint density at radius 3 is 2.89 bits per heavy atom. The van der Waals surface area contributed by atoms with Crippen molar-refractivity contribution in [2.45, 2.75) is 26.0 Å². The van der Waals surface area contributed by atoms with Gasteiger partial charge in [0.05, 0.1) is 5.69 Å². The van der Waals surface area contributed by atoms with Crippen LogP contribution in [-0.4, -0.2) is 29.3 Å². The van der Waals surface area contributed by atoms with Crippen molar-refractivity contribution < 1.29 is 19.4 Å². The van der Waals surface area contributed by atoms with Gasteiger partial charge < -0.3 is 20.5 Å². The molecule has 6 nitrogen and oxygen atoms in total. The van der Waals surface area contributed by atoms with Crippen LogP contribution in [0, 0.1) is 6.92 Å². The molecule has 1 aromatic carbocycles. The van der Waals surface area contributed by atoms with E-state index in [1.54, 1.807) is 19.1 Å². The van der Waals surface area contributed by atoms with Gasteiger partial charge in [0.25, 0.3) is 5.91 Å². The summed E-state index contributed by atoms with van der Waals surface area (Å²) in [7, 11) is 0. The summed E-state index contributed by atoms with van der Waals surface area (Å²) in [5, 5.41) is 13.5. The summed E-state index contributed by atoms with van der Waals surface area (Å²) >= 11 is 0. The number of carbonyl (C=O) groups excluding carboxylic acids is 1. The molecule has 1 aliphatic heterocycles. The molecule has 2 atom stereocenters. The highest BCUT2D eigenvalue weighted by atomic mass is 16.5. The van der Waals surface area contributed by atoms with Crippen LogP contribution in [0.4, 0.5) is 10.5 Å². The summed E-state index contributed by atoms with van der Waals surface area (Å²) in [5.74, 6) is 0.123. The van der Waals surface area contributed by atoms with Gasteiger partial charge in [0.2, 0.25) is 0 Å². The Balaban J connectivity index is 2.31. The van der Waals surface area contributed by atoms with E-state index in [4.69, 9.17) is 9.84 Å². The molecule has 0 spiro atoms. The maximum Gasteiger partial charge on any atom is 0.405 e. The van der Waals surface area contributed by atoms with Crippen molar-refractivity contribution in [2.24, 2.45) is 0 Å². The largest absolute Gasteiger partial charge is 0.486 e. The second kappa shape index (κ2) is 4.56. The zero-order chi connectivity index (χ0) is 13.3. The first kappa shape index (κ1) is 12.2. The standard InChI is InChI=1S/C12H14N2O4/c1-6-3-4-8-9(5-6)18-7(2)10(11(15)13-8)14-12(16)17/h3-5,7,10,14H,1-2H3,(H,13,15)(H,16,17)/t7-,10-/m0/s1. The number of anilines is 1. The first-order chi connectivity index (χ1) is 8.47. The maximum absolute atomic E-state index is 11.9. The van der Waals surface area contributed by atoms with E-state index in [-0.39, 0.29) is 0 Å². The highest BCUT2D eigenvalue weighted by Crippen LogP contribution is 2.29. The molecule has 96 valence electrons. The molecule has 0 bridgehead atoms. The number of rotatable bonds is 1. The molecule has 0 saturated carbocycles. The Morgan fingerprint density at radius 1 is 1.50 bits per heavy atom. The Hall–Kier alpha value is -2.24. The van der Waals surface area contributed by atoms with Gasteiger partial charge in [-0.15, -0.1) is 0 Å². The van der Waals surface area contributed by atoms with Gasteiger partial charge in [-0.1, -0.05) is 6.07 Å². The number of benzene rings is 1. The first-order valence-corrected chi connectivity index (χ1v) is 5.55. The molecule has 1 heterocycles. The number of amides is 2. The van der Waals surface area contributed by atoms with Gasteiger partial charge >= 0.3 is 6.09 Å². The quantitative estimate of drug-likeness (QED) is 0.702. The van der Waals surface area contributed by atoms with E-state index in [1.165, 1.54) is 0 Å². The van der Waals surface area contributed by atoms with Crippen molar-refractivity contribution in [1.82, 2.24) is 5.32 Å². The van der Waals surface area contributed by atoms with Crippen molar-refractivity contribution in [3.05, 3.63) is 23.8 Å². The van der Waals surface area contributed by atoms with Crippen molar-refractivity contribution in [2.75, 3.05) is 5.32 Å². The van der Waals surface area contributed by atoms with Crippen LogP contribution in [-0.2, 0) is 4.79 Å². The molecular weight excluding hydrogens is 236 g/mol. The average Bonchev–Trinajstić information content (AvgIpc) is 2.38. The Morgan fingerprint density at radius 2 is 2.22 bits per heavy atom. The zero-order valence-electron chi connectivity index (χ0n) is 10.1. The van der Waals surface area contributed by atoms with Crippen LogP contribution in [0.25, 0.3) is 0 Å². The summed E-state index contributed by atoms with van der Waals surface area (Å²) in [6, 6.07) is 4.45. The number of aryl methyl sites for hydroxylation is 1. The molecule has 1 aromatic rings. The summed E-state index contributed by atoms with van der Waals surface area (Å²) < 4.78 is 5.61. The summed E-state index contributed by atoms with van der Waals surface area (Å²) in [5.41, 5.74) is 1.55. The predicted octanol–water partition coefficient (Wildman–Crippen LogP) is 1.35. The summed E-state index contributed by atoms with van der Waals surface area (Å²) in [4.78, 5) is 22.5. The molecule has 0 fully saturated rings. The zero-order valence-corrected chi connectivity index (χ0v) is 10.1. The molecule has 0 aliphatic carbocycles. The number of hydrogen-bond acceptors (Lipinski definition) is 3. The van der Waals surface area contributed by atoms with Crippen LogP contribution in [0.5, 0.6) is 5.75 Å². The third-order valence-corrected chi connectivity index (χ3v) is 2.74. The normalized spacial score (nSPS) is 22.2. The van der Waals surface area contributed by atoms with E-state index in [9.17, 15) is 9.59 Å². The van der Waals surface area contributed by atoms with Gasteiger partial charge in [-0.3, -0.25) is 4.79 Å². The Kier molecular flexibility index (Phi) is 3.10. The third-order valence-electron chi connectivity index (χ3n) is 2.74. The molecule has 0 saturated heterocycles. The smallest absolute Gasteiger partial charge is 0.405 e. The molecular formula is C12H14N2O4. The topological polar surface area (TPSA) is 87.7 Å². The third kappa shape index (κ3) is 2.37. The van der Waals surface area contributed by atoms with Gasteiger partial charge in [-0.05, 0) is 31.5 Å². The van der Waals surface area contributed by atoms with Crippen LogP contribution in [0.1, 0.15) is 12.5 Å². The summed E-state index contributed by atoms with van der Waals surface area (Å²) in [6.07, 6.45) is -1.84. The molecule has 18 heavy (non-hydrogen) atoms. The minimum atomic E-state index is -1.26. The van der Waals surface area contributed by atoms with E-state index in [0.29, 0.717) is 11.4 Å². The Labute approximate surface area is 104 Å². The monoisotopic (exact) mass is 250 g/mol. The maximum atomic E-state index is 11.9. The molecule has 2 rings (SSSR count). The molecule has 0 unspecified atom stereocenters. The number of carboxylic acid groups (broad SMARTS) is 1. The fourth-order valence-electron chi connectivity index (χ4n) is 1.84. The van der Waals surface area contributed by atoms with E-state index in [1.807, 2.05) is 13.0 Å². The highest BCUT2D eigenvalue weighted by molar-refractivity contribution is 5.98. The summed E-state index contributed by atoms with van der Waals surface area (Å²) in [6.45, 7) is 3.56. The number of carbonyl (C=O) groups is 2. The number of hydrogen-bond donors (Lipinski definition) is 3. The molecule has 6 heteroatoms. The molecule has 0 radical (unpaired) electrons. The number of ether oxygens (including phenoxy) is 1. The minimum Gasteiger partial charge on any atom is -0.486 e. The predicted molar refractivity (Wildman–Crippen MR) is 64.8 cm³/mol. The average molecular weight is 250 g/mol. The van der Waals surface area contributed by atoms with E-state index in [0.717, 1.165) is 5.56 Å². The van der Waals surface area contributed by atoms with Crippen LogP contribution in [0.15, 0.2) is 18.2 Å². The van der Waals surface area contributed by atoms with Crippen LogP contribution < -0.4 is 15.4 Å². The number of nitrogens with one attached hydrogen (secondary N) is 2. The van der Waals surface area contributed by atoms with E-state index >= 15 is 0 Å². The lowest BCUT2D eigenvalue weighted by atomic mass is 10.1. The second-order valence-electron chi connectivity index (χ2n) is 4.24. The van der Waals surface area contributed by atoms with Gasteiger partial charge in [-0.25, -0.2) is 4.79 Å². The van der Waals surface area contributed by atoms with E-state index < -0.39 is 24.1 Å². The van der Waals surface area contributed by atoms with Gasteiger partial charge in [0.15, 0.2) is 0 Å². The SMILES string of the molecule is Cc1ccc2c(c1)O[C@@H](C)[C@H](NC(=O)O)C(=O)N2. The fourth-order valence-corrected chi connectivity index (χ4v) is 1.84. The minimum absolute atomic E-state index is 0.424. The van der Waals surface area contributed by atoms with Gasteiger partial charge in [0, 0.05) is 0 Å². The highest BCUT2D eigenvalue weighted by Gasteiger charge is 2.32. The molecule has 3 N–H and O–H groups in total. The van der Waals surface area contributed by atoms with Crippen molar-refractivity contribution in [3.63, 3.8) is 0 Å². The number of fused-ring (bicyclic) bond motifs is 1. The van der Waals surface area contributed by atoms with E-state index in [2.05, 4.69) is 10.6 Å². The van der Waals surface area contributed by atoms with Crippen LogP contribution in [0.3, 0.4) is 0 Å². The lowest BCUT2D eigenvalue weighted by Crippen LogP contribution is -2.50. The van der Waals surface area contributed by atoms with Crippen molar-refractivity contribution in [1.29, 1.82) is 0 Å². The van der Waals surface area contributed by atoms with Crippen molar-refractivity contribution >= 4 is 17.7 Å². The second-order valence-corrected chi connectivity index (χ2v) is 4.24. The van der Waals surface area contributed by atoms with Crippen LogP contribution in [0.2, 0.25) is 0 Å². The Bertz CT molecular complexity index is 501. The van der Waals surface area contributed by atoms with Gasteiger partial charge in [0.1, 0.15) is 17.9 Å². The first-order valence-electron chi connectivity index (χ1n) is 5.55. The van der Waals surface area contributed by atoms with Crippen molar-refractivity contribution in [3.8, 4) is 5.75 Å². The fraction of sp³-hybridized carbons (Fsp3) is 0.333. The molecule has 0 aromatic heterocycles.